The Kier molecular flexibility index (Phi) is 6.09. The molecule has 0 heterocycles. The van der Waals surface area contributed by atoms with Crippen LogP contribution < -0.4 is 4.74 Å². The number of rotatable bonds is 7. The quantitative estimate of drug-likeness (QED) is 0.699. The summed E-state index contributed by atoms with van der Waals surface area (Å²) in [5, 5.41) is 0.898. The number of hydrogen-bond acceptors (Lipinski definition) is 2. The molecule has 0 aliphatic carbocycles. The Morgan fingerprint density at radius 3 is 2.55 bits per heavy atom. The molecule has 0 amide bonds. The Morgan fingerprint density at radius 1 is 1.05 bits per heavy atom. The Hall–Kier alpha value is -1.32. The van der Waals surface area contributed by atoms with Gasteiger partial charge in [-0.05, 0) is 23.3 Å². The summed E-state index contributed by atoms with van der Waals surface area (Å²) in [6.07, 6.45) is 0. The molecule has 0 N–H and O–H groups in total. The second-order valence-corrected chi connectivity index (χ2v) is 5.28. The molecular weight excluding hydrogens is 316 g/mol. The maximum absolute atomic E-state index is 5.84. The average molecular weight is 335 g/mol. The number of hydrogen-bond donors (Lipinski definition) is 0. The van der Waals surface area contributed by atoms with Gasteiger partial charge in [0.1, 0.15) is 5.75 Å². The number of benzene rings is 2. The molecule has 106 valence electrons. The summed E-state index contributed by atoms with van der Waals surface area (Å²) in [5.74, 6) is 1.24. The minimum Gasteiger partial charge on any atom is -0.497 e. The Bertz CT molecular complexity index is 513. The Balaban J connectivity index is 1.88. The molecule has 1 atom stereocenters. The number of alkyl halides is 1. The van der Waals surface area contributed by atoms with E-state index in [2.05, 4.69) is 40.2 Å². The monoisotopic (exact) mass is 334 g/mol. The molecule has 0 saturated carbocycles. The molecule has 0 aliphatic rings. The van der Waals surface area contributed by atoms with Gasteiger partial charge >= 0.3 is 0 Å². The van der Waals surface area contributed by atoms with Crippen molar-refractivity contribution in [1.29, 1.82) is 0 Å². The van der Waals surface area contributed by atoms with Crippen molar-refractivity contribution < 1.29 is 9.47 Å². The van der Waals surface area contributed by atoms with Gasteiger partial charge in [-0.15, -0.1) is 0 Å². The van der Waals surface area contributed by atoms with Crippen LogP contribution in [0.2, 0.25) is 0 Å². The average Bonchev–Trinajstić information content (AvgIpc) is 2.52. The Labute approximate surface area is 128 Å². The zero-order valence-corrected chi connectivity index (χ0v) is 13.2. The summed E-state index contributed by atoms with van der Waals surface area (Å²) in [6.45, 7) is 1.31. The van der Waals surface area contributed by atoms with E-state index in [-0.39, 0.29) is 0 Å². The number of methoxy groups -OCH3 is 1. The molecule has 0 radical (unpaired) electrons. The van der Waals surface area contributed by atoms with Crippen LogP contribution in [-0.2, 0) is 11.3 Å². The third kappa shape index (κ3) is 4.36. The predicted octanol–water partition coefficient (Wildman–Crippen LogP) is 4.39. The highest BCUT2D eigenvalue weighted by molar-refractivity contribution is 9.09. The van der Waals surface area contributed by atoms with Crippen molar-refractivity contribution in [2.24, 2.45) is 0 Å². The third-order valence-electron chi connectivity index (χ3n) is 3.18. The molecule has 0 aromatic heterocycles. The fourth-order valence-corrected chi connectivity index (χ4v) is 2.60. The number of ether oxygens (including phenoxy) is 2. The van der Waals surface area contributed by atoms with Gasteiger partial charge in [0.25, 0.3) is 0 Å². The second-order valence-electron chi connectivity index (χ2n) is 4.63. The van der Waals surface area contributed by atoms with Crippen LogP contribution in [0.4, 0.5) is 0 Å². The van der Waals surface area contributed by atoms with Crippen molar-refractivity contribution in [3.63, 3.8) is 0 Å². The van der Waals surface area contributed by atoms with Crippen molar-refractivity contribution in [2.45, 2.75) is 12.5 Å². The van der Waals surface area contributed by atoms with Gasteiger partial charge in [0.2, 0.25) is 0 Å². The van der Waals surface area contributed by atoms with Crippen molar-refractivity contribution >= 4 is 15.9 Å². The fourth-order valence-electron chi connectivity index (χ4n) is 2.04. The van der Waals surface area contributed by atoms with Crippen LogP contribution in [0.25, 0.3) is 0 Å². The molecule has 0 spiro atoms. The van der Waals surface area contributed by atoms with Gasteiger partial charge in [0.05, 0.1) is 20.3 Å². The van der Waals surface area contributed by atoms with Gasteiger partial charge in [0, 0.05) is 11.2 Å². The topological polar surface area (TPSA) is 18.5 Å². The zero-order valence-electron chi connectivity index (χ0n) is 11.6. The summed E-state index contributed by atoms with van der Waals surface area (Å²) in [4.78, 5) is 0. The largest absolute Gasteiger partial charge is 0.497 e. The molecule has 0 saturated heterocycles. The maximum Gasteiger partial charge on any atom is 0.119 e. The summed E-state index contributed by atoms with van der Waals surface area (Å²) in [7, 11) is 1.68. The molecule has 2 nitrogen and oxygen atoms in total. The highest BCUT2D eigenvalue weighted by Crippen LogP contribution is 2.19. The first-order valence-corrected chi connectivity index (χ1v) is 7.77. The number of halogens is 1. The standard InChI is InChI=1S/C17H19BrO2/c1-19-17-9-5-6-14(10-17)12-20-13-16(11-18)15-7-3-2-4-8-15/h2-10,16H,11-13H2,1H3. The molecule has 2 aromatic rings. The highest BCUT2D eigenvalue weighted by atomic mass is 79.9. The van der Waals surface area contributed by atoms with E-state index in [9.17, 15) is 0 Å². The first-order valence-electron chi connectivity index (χ1n) is 6.65. The van der Waals surface area contributed by atoms with E-state index in [0.29, 0.717) is 19.1 Å². The minimum absolute atomic E-state index is 0.377. The normalized spacial score (nSPS) is 12.1. The predicted molar refractivity (Wildman–Crippen MR) is 85.6 cm³/mol. The summed E-state index contributed by atoms with van der Waals surface area (Å²) in [5.41, 5.74) is 2.43. The van der Waals surface area contributed by atoms with E-state index >= 15 is 0 Å². The van der Waals surface area contributed by atoms with Gasteiger partial charge in [0.15, 0.2) is 0 Å². The highest BCUT2D eigenvalue weighted by Gasteiger charge is 2.09. The van der Waals surface area contributed by atoms with E-state index in [1.807, 2.05) is 30.3 Å². The van der Waals surface area contributed by atoms with E-state index in [1.165, 1.54) is 5.56 Å². The summed E-state index contributed by atoms with van der Waals surface area (Å²) in [6, 6.07) is 18.4. The van der Waals surface area contributed by atoms with Crippen molar-refractivity contribution in [3.8, 4) is 5.75 Å². The van der Waals surface area contributed by atoms with E-state index in [4.69, 9.17) is 9.47 Å². The molecule has 2 aromatic carbocycles. The summed E-state index contributed by atoms with van der Waals surface area (Å²) >= 11 is 3.56. The third-order valence-corrected chi connectivity index (χ3v) is 3.96. The second kappa shape index (κ2) is 8.08. The maximum atomic E-state index is 5.84. The minimum atomic E-state index is 0.377. The van der Waals surface area contributed by atoms with E-state index in [0.717, 1.165) is 16.6 Å². The van der Waals surface area contributed by atoms with Gasteiger partial charge < -0.3 is 9.47 Å². The first-order chi connectivity index (χ1) is 9.83. The van der Waals surface area contributed by atoms with Crippen LogP contribution in [0.3, 0.4) is 0 Å². The van der Waals surface area contributed by atoms with Gasteiger partial charge in [-0.25, -0.2) is 0 Å². The van der Waals surface area contributed by atoms with Crippen molar-refractivity contribution in [3.05, 3.63) is 65.7 Å². The zero-order chi connectivity index (χ0) is 14.2. The first kappa shape index (κ1) is 15.1. The van der Waals surface area contributed by atoms with Gasteiger partial charge in [-0.2, -0.15) is 0 Å². The molecule has 20 heavy (non-hydrogen) atoms. The lowest BCUT2D eigenvalue weighted by molar-refractivity contribution is 0.111. The lowest BCUT2D eigenvalue weighted by Gasteiger charge is -2.15. The fraction of sp³-hybridized carbons (Fsp3) is 0.294. The molecule has 3 heteroatoms. The molecule has 0 fully saturated rings. The van der Waals surface area contributed by atoms with Crippen LogP contribution in [0.1, 0.15) is 17.0 Å². The Morgan fingerprint density at radius 2 is 1.85 bits per heavy atom. The lowest BCUT2D eigenvalue weighted by atomic mass is 10.0. The molecule has 2 rings (SSSR count). The van der Waals surface area contributed by atoms with Gasteiger partial charge in [-0.3, -0.25) is 0 Å². The molecular formula is C17H19BrO2. The van der Waals surface area contributed by atoms with Gasteiger partial charge in [-0.1, -0.05) is 58.4 Å². The van der Waals surface area contributed by atoms with Crippen LogP contribution >= 0.6 is 15.9 Å². The van der Waals surface area contributed by atoms with Crippen molar-refractivity contribution in [1.82, 2.24) is 0 Å². The summed E-state index contributed by atoms with van der Waals surface area (Å²) < 4.78 is 11.1. The van der Waals surface area contributed by atoms with Crippen LogP contribution in [0, 0.1) is 0 Å². The molecule has 1 unspecified atom stereocenters. The molecule has 0 bridgehead atoms. The smallest absolute Gasteiger partial charge is 0.119 e. The van der Waals surface area contributed by atoms with E-state index < -0.39 is 0 Å². The van der Waals surface area contributed by atoms with Crippen LogP contribution in [0.15, 0.2) is 54.6 Å². The van der Waals surface area contributed by atoms with E-state index in [1.54, 1.807) is 7.11 Å². The van der Waals surface area contributed by atoms with Crippen LogP contribution in [0.5, 0.6) is 5.75 Å². The SMILES string of the molecule is COc1cccc(COCC(CBr)c2ccccc2)c1. The lowest BCUT2D eigenvalue weighted by Crippen LogP contribution is -2.09. The van der Waals surface area contributed by atoms with Crippen LogP contribution in [-0.4, -0.2) is 19.0 Å². The molecule has 0 aliphatic heterocycles. The van der Waals surface area contributed by atoms with Crippen molar-refractivity contribution in [2.75, 3.05) is 19.0 Å².